The first-order valence-corrected chi connectivity index (χ1v) is 6.64. The maximum absolute atomic E-state index is 4.47. The molecule has 0 spiro atoms. The van der Waals surface area contributed by atoms with Gasteiger partial charge in [-0.15, -0.1) is 0 Å². The van der Waals surface area contributed by atoms with Crippen LogP contribution in [0.4, 0.5) is 0 Å². The van der Waals surface area contributed by atoms with E-state index in [2.05, 4.69) is 41.0 Å². The van der Waals surface area contributed by atoms with Gasteiger partial charge in [0.25, 0.3) is 0 Å². The Labute approximate surface area is 109 Å². The van der Waals surface area contributed by atoms with Crippen molar-refractivity contribution >= 4 is 0 Å². The molecule has 0 bridgehead atoms. The standard InChI is InChI=1S/C14H22N4/c1-12(2)18-11-14(13(3)16-18)5-4-8-17-9-6-15-7-10-17/h11-12,15H,6-10H2,1-3H3. The van der Waals surface area contributed by atoms with Gasteiger partial charge in [-0.1, -0.05) is 11.8 Å². The second kappa shape index (κ2) is 6.03. The molecule has 1 aliphatic rings. The van der Waals surface area contributed by atoms with E-state index in [0.29, 0.717) is 6.04 Å². The topological polar surface area (TPSA) is 33.1 Å². The Kier molecular flexibility index (Phi) is 4.40. The lowest BCUT2D eigenvalue weighted by molar-refractivity contribution is 0.268. The zero-order valence-electron chi connectivity index (χ0n) is 11.5. The van der Waals surface area contributed by atoms with Gasteiger partial charge in [0.15, 0.2) is 0 Å². The summed E-state index contributed by atoms with van der Waals surface area (Å²) in [4.78, 5) is 2.38. The second-order valence-electron chi connectivity index (χ2n) is 5.03. The van der Waals surface area contributed by atoms with Gasteiger partial charge in [0.05, 0.1) is 17.8 Å². The molecule has 1 aromatic heterocycles. The summed E-state index contributed by atoms with van der Waals surface area (Å²) in [5.74, 6) is 6.50. The van der Waals surface area contributed by atoms with Crippen LogP contribution in [0.15, 0.2) is 6.20 Å². The zero-order chi connectivity index (χ0) is 13.0. The highest BCUT2D eigenvalue weighted by Crippen LogP contribution is 2.08. The van der Waals surface area contributed by atoms with Gasteiger partial charge in [-0.3, -0.25) is 9.58 Å². The van der Waals surface area contributed by atoms with Crippen molar-refractivity contribution in [3.05, 3.63) is 17.5 Å². The summed E-state index contributed by atoms with van der Waals surface area (Å²) in [6, 6.07) is 0.396. The summed E-state index contributed by atoms with van der Waals surface area (Å²) in [5, 5.41) is 7.81. The van der Waals surface area contributed by atoms with Crippen LogP contribution >= 0.6 is 0 Å². The van der Waals surface area contributed by atoms with Crippen molar-refractivity contribution in [1.82, 2.24) is 20.0 Å². The molecule has 2 rings (SSSR count). The monoisotopic (exact) mass is 246 g/mol. The molecular weight excluding hydrogens is 224 g/mol. The molecule has 4 heteroatoms. The highest BCUT2D eigenvalue weighted by Gasteiger charge is 2.07. The van der Waals surface area contributed by atoms with Crippen LogP contribution in [0.25, 0.3) is 0 Å². The van der Waals surface area contributed by atoms with E-state index in [1.54, 1.807) is 0 Å². The summed E-state index contributed by atoms with van der Waals surface area (Å²) < 4.78 is 1.98. The molecule has 1 saturated heterocycles. The molecule has 0 aliphatic carbocycles. The fourth-order valence-corrected chi connectivity index (χ4v) is 1.98. The third kappa shape index (κ3) is 3.34. The summed E-state index contributed by atoms with van der Waals surface area (Å²) in [5.41, 5.74) is 2.08. The summed E-state index contributed by atoms with van der Waals surface area (Å²) in [6.07, 6.45) is 2.05. The predicted molar refractivity (Wildman–Crippen MR) is 73.5 cm³/mol. The van der Waals surface area contributed by atoms with Gasteiger partial charge in [-0.05, 0) is 20.8 Å². The lowest BCUT2D eigenvalue weighted by atomic mass is 10.2. The van der Waals surface area contributed by atoms with Crippen LogP contribution < -0.4 is 5.32 Å². The largest absolute Gasteiger partial charge is 0.314 e. The van der Waals surface area contributed by atoms with Crippen molar-refractivity contribution in [1.29, 1.82) is 0 Å². The smallest absolute Gasteiger partial charge is 0.0750 e. The molecule has 1 N–H and O–H groups in total. The number of hydrogen-bond acceptors (Lipinski definition) is 3. The molecule has 0 unspecified atom stereocenters. The van der Waals surface area contributed by atoms with Crippen molar-refractivity contribution in [2.24, 2.45) is 0 Å². The average Bonchev–Trinajstić information content (AvgIpc) is 2.73. The van der Waals surface area contributed by atoms with Crippen LogP contribution in [-0.2, 0) is 0 Å². The Bertz CT molecular complexity index is 444. The number of nitrogens with one attached hydrogen (secondary N) is 1. The summed E-state index contributed by atoms with van der Waals surface area (Å²) in [7, 11) is 0. The van der Waals surface area contributed by atoms with Crippen molar-refractivity contribution in [2.45, 2.75) is 26.8 Å². The van der Waals surface area contributed by atoms with E-state index in [4.69, 9.17) is 0 Å². The van der Waals surface area contributed by atoms with E-state index in [0.717, 1.165) is 44.0 Å². The molecular formula is C14H22N4. The number of piperazine rings is 1. The average molecular weight is 246 g/mol. The molecule has 4 nitrogen and oxygen atoms in total. The first-order chi connectivity index (χ1) is 8.66. The van der Waals surface area contributed by atoms with Gasteiger partial charge in [0, 0.05) is 38.4 Å². The second-order valence-corrected chi connectivity index (χ2v) is 5.03. The van der Waals surface area contributed by atoms with Crippen LogP contribution in [0.1, 0.15) is 31.1 Å². The van der Waals surface area contributed by atoms with E-state index < -0.39 is 0 Å². The van der Waals surface area contributed by atoms with Crippen molar-refractivity contribution in [3.8, 4) is 11.8 Å². The molecule has 0 saturated carbocycles. The quantitative estimate of drug-likeness (QED) is 0.791. The third-order valence-electron chi connectivity index (χ3n) is 3.18. The van der Waals surface area contributed by atoms with Gasteiger partial charge < -0.3 is 5.32 Å². The van der Waals surface area contributed by atoms with Crippen LogP contribution in [-0.4, -0.2) is 47.4 Å². The Hall–Kier alpha value is -1.31. The van der Waals surface area contributed by atoms with Crippen LogP contribution in [0.5, 0.6) is 0 Å². The minimum absolute atomic E-state index is 0.396. The molecule has 0 amide bonds. The first-order valence-electron chi connectivity index (χ1n) is 6.64. The number of hydrogen-bond donors (Lipinski definition) is 1. The summed E-state index contributed by atoms with van der Waals surface area (Å²) in [6.45, 7) is 11.5. The number of rotatable bonds is 2. The molecule has 1 aliphatic heterocycles. The molecule has 0 atom stereocenters. The number of aryl methyl sites for hydroxylation is 1. The molecule has 1 fully saturated rings. The Morgan fingerprint density at radius 1 is 1.39 bits per heavy atom. The van der Waals surface area contributed by atoms with Crippen molar-refractivity contribution in [3.63, 3.8) is 0 Å². The highest BCUT2D eigenvalue weighted by molar-refractivity contribution is 5.36. The van der Waals surface area contributed by atoms with Gasteiger partial charge in [-0.2, -0.15) is 5.10 Å². The van der Waals surface area contributed by atoms with Crippen LogP contribution in [0.2, 0.25) is 0 Å². The Morgan fingerprint density at radius 2 is 2.11 bits per heavy atom. The first kappa shape index (κ1) is 13.1. The van der Waals surface area contributed by atoms with E-state index in [1.807, 2.05) is 17.8 Å². The Balaban J connectivity index is 1.96. The molecule has 18 heavy (non-hydrogen) atoms. The number of nitrogens with zero attached hydrogens (tertiary/aromatic N) is 3. The molecule has 2 heterocycles. The Morgan fingerprint density at radius 3 is 2.72 bits per heavy atom. The van der Waals surface area contributed by atoms with E-state index >= 15 is 0 Å². The van der Waals surface area contributed by atoms with Crippen molar-refractivity contribution < 1.29 is 0 Å². The summed E-state index contributed by atoms with van der Waals surface area (Å²) >= 11 is 0. The minimum atomic E-state index is 0.396. The van der Waals surface area contributed by atoms with E-state index in [-0.39, 0.29) is 0 Å². The lowest BCUT2D eigenvalue weighted by Crippen LogP contribution is -2.43. The zero-order valence-corrected chi connectivity index (χ0v) is 11.5. The molecule has 1 aromatic rings. The van der Waals surface area contributed by atoms with Gasteiger partial charge in [0.1, 0.15) is 0 Å². The lowest BCUT2D eigenvalue weighted by Gasteiger charge is -2.24. The highest BCUT2D eigenvalue weighted by atomic mass is 15.3. The maximum atomic E-state index is 4.47. The molecule has 0 radical (unpaired) electrons. The fourth-order valence-electron chi connectivity index (χ4n) is 1.98. The van der Waals surface area contributed by atoms with Gasteiger partial charge in [-0.25, -0.2) is 0 Å². The predicted octanol–water partition coefficient (Wildman–Crippen LogP) is 1.03. The minimum Gasteiger partial charge on any atom is -0.314 e. The molecule has 98 valence electrons. The SMILES string of the molecule is Cc1nn(C(C)C)cc1C#CCN1CCNCC1. The normalized spacial score (nSPS) is 16.7. The van der Waals surface area contributed by atoms with E-state index in [9.17, 15) is 0 Å². The number of aromatic nitrogens is 2. The fraction of sp³-hybridized carbons (Fsp3) is 0.643. The van der Waals surface area contributed by atoms with Crippen LogP contribution in [0.3, 0.4) is 0 Å². The van der Waals surface area contributed by atoms with Gasteiger partial charge >= 0.3 is 0 Å². The van der Waals surface area contributed by atoms with Gasteiger partial charge in [0.2, 0.25) is 0 Å². The van der Waals surface area contributed by atoms with Crippen molar-refractivity contribution in [2.75, 3.05) is 32.7 Å². The van der Waals surface area contributed by atoms with Crippen LogP contribution in [0, 0.1) is 18.8 Å². The molecule has 0 aromatic carbocycles. The maximum Gasteiger partial charge on any atom is 0.0750 e. The van der Waals surface area contributed by atoms with E-state index in [1.165, 1.54) is 0 Å². The third-order valence-corrected chi connectivity index (χ3v) is 3.18.